The van der Waals surface area contributed by atoms with E-state index in [1.807, 2.05) is 19.1 Å². The maximum atomic E-state index is 5.43. The molecule has 0 atom stereocenters. The van der Waals surface area contributed by atoms with Gasteiger partial charge in [0.1, 0.15) is 0 Å². The Morgan fingerprint density at radius 2 is 2.11 bits per heavy atom. The minimum atomic E-state index is 0. The number of anilines is 1. The second-order valence-corrected chi connectivity index (χ2v) is 1.84. The van der Waals surface area contributed by atoms with E-state index in [1.54, 1.807) is 6.07 Å². The van der Waals surface area contributed by atoms with E-state index < -0.39 is 0 Å². The maximum absolute atomic E-state index is 5.43. The molecule has 0 amide bonds. The molecule has 2 heteroatoms. The Bertz CT molecular complexity index is 169. The summed E-state index contributed by atoms with van der Waals surface area (Å²) in [6.45, 7) is 1.99. The van der Waals surface area contributed by atoms with Crippen molar-refractivity contribution in [2.45, 2.75) is 6.92 Å². The molecule has 0 aromatic heterocycles. The van der Waals surface area contributed by atoms with Gasteiger partial charge in [0, 0.05) is 19.5 Å². The van der Waals surface area contributed by atoms with Crippen LogP contribution in [-0.4, -0.2) is 0 Å². The number of benzene rings is 1. The van der Waals surface area contributed by atoms with Crippen LogP contribution in [0.2, 0.25) is 0 Å². The fourth-order valence-electron chi connectivity index (χ4n) is 0.616. The monoisotopic (exact) mass is 170 g/mol. The van der Waals surface area contributed by atoms with Gasteiger partial charge in [0.25, 0.3) is 0 Å². The Morgan fingerprint density at radius 3 is 2.44 bits per heavy atom. The van der Waals surface area contributed by atoms with Gasteiger partial charge in [0.2, 0.25) is 0 Å². The first kappa shape index (κ1) is 8.64. The zero-order valence-corrected chi connectivity index (χ0v) is 8.48. The molecule has 44 valence electrons. The number of nitrogen functional groups attached to an aromatic ring is 1. The normalized spacial score (nSPS) is 8.11. The molecule has 0 heterocycles. The summed E-state index contributed by atoms with van der Waals surface area (Å²) in [5.41, 5.74) is 7.37. The molecule has 9 heavy (non-hydrogen) atoms. The smallest absolute Gasteiger partial charge is 0 e. The van der Waals surface area contributed by atoms with Crippen molar-refractivity contribution in [2.24, 2.45) is 0 Å². The molecule has 1 aromatic rings. The number of rotatable bonds is 0. The first-order valence-electron chi connectivity index (χ1n) is 2.52. The number of hydrogen-bond donors (Lipinski definition) is 1. The minimum absolute atomic E-state index is 0. The summed E-state index contributed by atoms with van der Waals surface area (Å²) < 4.78 is 0. The maximum Gasteiger partial charge on any atom is 0 e. The fraction of sp³-hybridized carbons (Fsp3) is 0.143. The van der Waals surface area contributed by atoms with E-state index in [0.717, 1.165) is 11.3 Å². The van der Waals surface area contributed by atoms with Gasteiger partial charge in [-0.2, -0.15) is 23.8 Å². The van der Waals surface area contributed by atoms with E-state index in [1.165, 1.54) is 0 Å². The second kappa shape index (κ2) is 3.63. The summed E-state index contributed by atoms with van der Waals surface area (Å²) in [6, 6.07) is 8.47. The van der Waals surface area contributed by atoms with E-state index in [0.29, 0.717) is 0 Å². The molecule has 1 nitrogen and oxygen atoms in total. The third kappa shape index (κ3) is 2.62. The van der Waals surface area contributed by atoms with Gasteiger partial charge in [-0.3, -0.25) is 0 Å². The molecule has 0 aliphatic rings. The standard InChI is InChI=1S/C7H8N.Zn/c1-6-3-2-4-7(8)5-6;/h3-5H,8H2,1H3;/q-1;. The Labute approximate surface area is 68.0 Å². The van der Waals surface area contributed by atoms with E-state index in [2.05, 4.69) is 6.07 Å². The number of nitrogens with two attached hydrogens (primary N) is 1. The van der Waals surface area contributed by atoms with Crippen LogP contribution in [0.3, 0.4) is 0 Å². The Morgan fingerprint density at radius 1 is 1.44 bits per heavy atom. The van der Waals surface area contributed by atoms with Gasteiger partial charge in [-0.25, -0.2) is 0 Å². The van der Waals surface area contributed by atoms with Gasteiger partial charge in [-0.1, -0.05) is 12.6 Å². The molecule has 0 radical (unpaired) electrons. The molecule has 0 saturated carbocycles. The molecular weight excluding hydrogens is 163 g/mol. The fourth-order valence-corrected chi connectivity index (χ4v) is 0.616. The number of aryl methyl sites for hydroxylation is 1. The Kier molecular flexibility index (Phi) is 3.48. The van der Waals surface area contributed by atoms with E-state index in [-0.39, 0.29) is 19.5 Å². The SMILES string of the molecule is Cc1c[c-]cc(N)c1.[Zn]. The molecule has 1 aromatic carbocycles. The molecule has 0 bridgehead atoms. The summed E-state index contributed by atoms with van der Waals surface area (Å²) in [5.74, 6) is 0. The molecule has 0 spiro atoms. The first-order valence-corrected chi connectivity index (χ1v) is 2.52. The van der Waals surface area contributed by atoms with E-state index in [4.69, 9.17) is 5.73 Å². The van der Waals surface area contributed by atoms with Crippen molar-refractivity contribution in [3.8, 4) is 0 Å². The van der Waals surface area contributed by atoms with Crippen molar-refractivity contribution in [2.75, 3.05) is 5.73 Å². The van der Waals surface area contributed by atoms with Crippen LogP contribution in [0.15, 0.2) is 18.2 Å². The third-order valence-corrected chi connectivity index (χ3v) is 0.955. The van der Waals surface area contributed by atoms with Crippen LogP contribution in [0, 0.1) is 13.0 Å². The van der Waals surface area contributed by atoms with Gasteiger partial charge in [-0.05, 0) is 0 Å². The predicted octanol–water partition coefficient (Wildman–Crippen LogP) is 1.37. The van der Waals surface area contributed by atoms with Gasteiger partial charge in [-0.15, -0.1) is 6.07 Å². The predicted molar refractivity (Wildman–Crippen MR) is 34.4 cm³/mol. The van der Waals surface area contributed by atoms with Crippen molar-refractivity contribution in [3.05, 3.63) is 29.8 Å². The van der Waals surface area contributed by atoms with Crippen LogP contribution in [-0.2, 0) is 19.5 Å². The van der Waals surface area contributed by atoms with Crippen LogP contribution in [0.5, 0.6) is 0 Å². The molecular formula is C7H8NZn-. The number of hydrogen-bond acceptors (Lipinski definition) is 1. The topological polar surface area (TPSA) is 26.0 Å². The molecule has 0 aliphatic heterocycles. The summed E-state index contributed by atoms with van der Waals surface area (Å²) in [7, 11) is 0. The molecule has 1 rings (SSSR count). The van der Waals surface area contributed by atoms with E-state index >= 15 is 0 Å². The van der Waals surface area contributed by atoms with Gasteiger partial charge in [0.05, 0.1) is 0 Å². The Balaban J connectivity index is 0.000000640. The average Bonchev–Trinajstić information content (AvgIpc) is 1.64. The van der Waals surface area contributed by atoms with Crippen molar-refractivity contribution in [3.63, 3.8) is 0 Å². The van der Waals surface area contributed by atoms with Crippen molar-refractivity contribution in [1.29, 1.82) is 0 Å². The van der Waals surface area contributed by atoms with Crippen LogP contribution in [0.25, 0.3) is 0 Å². The second-order valence-electron chi connectivity index (χ2n) is 1.84. The summed E-state index contributed by atoms with van der Waals surface area (Å²) >= 11 is 0. The summed E-state index contributed by atoms with van der Waals surface area (Å²) in [6.07, 6.45) is 0. The largest absolute Gasteiger partial charge is 0.449 e. The average molecular weight is 172 g/mol. The first-order chi connectivity index (χ1) is 3.79. The zero-order valence-electron chi connectivity index (χ0n) is 5.52. The molecule has 2 N–H and O–H groups in total. The van der Waals surface area contributed by atoms with Gasteiger partial charge in [0.15, 0.2) is 0 Å². The van der Waals surface area contributed by atoms with Crippen molar-refractivity contribution in [1.82, 2.24) is 0 Å². The molecule has 0 unspecified atom stereocenters. The van der Waals surface area contributed by atoms with Crippen LogP contribution >= 0.6 is 0 Å². The van der Waals surface area contributed by atoms with Gasteiger partial charge < -0.3 is 5.73 Å². The molecule has 0 fully saturated rings. The minimum Gasteiger partial charge on any atom is -0.449 e. The quantitative estimate of drug-likeness (QED) is 0.356. The third-order valence-electron chi connectivity index (χ3n) is 0.955. The van der Waals surface area contributed by atoms with Crippen LogP contribution in [0.4, 0.5) is 5.69 Å². The van der Waals surface area contributed by atoms with E-state index in [9.17, 15) is 0 Å². The Hall–Kier alpha value is -0.357. The van der Waals surface area contributed by atoms with Gasteiger partial charge >= 0.3 is 0 Å². The summed E-state index contributed by atoms with van der Waals surface area (Å²) in [5, 5.41) is 0. The van der Waals surface area contributed by atoms with Crippen LogP contribution in [0.1, 0.15) is 5.56 Å². The zero-order chi connectivity index (χ0) is 5.98. The summed E-state index contributed by atoms with van der Waals surface area (Å²) in [4.78, 5) is 0. The molecule has 0 aliphatic carbocycles. The van der Waals surface area contributed by atoms with Crippen LogP contribution < -0.4 is 5.73 Å². The molecule has 0 saturated heterocycles. The van der Waals surface area contributed by atoms with Crippen molar-refractivity contribution < 1.29 is 19.5 Å². The van der Waals surface area contributed by atoms with Crippen molar-refractivity contribution >= 4 is 5.69 Å².